The molecule has 8 heteroatoms. The van der Waals surface area contributed by atoms with E-state index in [4.69, 9.17) is 0 Å². The van der Waals surface area contributed by atoms with Crippen LogP contribution in [0, 0.1) is 0 Å². The molecule has 1 N–H and O–H groups in total. The first-order valence-corrected chi connectivity index (χ1v) is 11.1. The molecule has 0 aliphatic carbocycles. The maximum Gasteiger partial charge on any atom is 0.294 e. The monoisotopic (exact) mass is 427 g/mol. The molecule has 2 fully saturated rings. The van der Waals surface area contributed by atoms with Crippen LogP contribution in [0.2, 0.25) is 0 Å². The molecule has 0 bridgehead atoms. The van der Waals surface area contributed by atoms with Crippen LogP contribution >= 0.6 is 23.1 Å². The van der Waals surface area contributed by atoms with Crippen LogP contribution in [0.25, 0.3) is 6.08 Å². The second-order valence-corrected chi connectivity index (χ2v) is 9.03. The Labute approximate surface area is 177 Å². The molecule has 6 nitrogen and oxygen atoms in total. The maximum atomic E-state index is 12.5. The first-order valence-electron chi connectivity index (χ1n) is 9.43. The van der Waals surface area contributed by atoms with E-state index in [1.165, 1.54) is 16.9 Å². The van der Waals surface area contributed by atoms with E-state index in [9.17, 15) is 14.4 Å². The van der Waals surface area contributed by atoms with Crippen LogP contribution in [0.4, 0.5) is 4.79 Å². The Kier molecular flexibility index (Phi) is 6.13. The van der Waals surface area contributed by atoms with Crippen molar-refractivity contribution in [2.75, 3.05) is 19.6 Å². The standard InChI is InChI=1S/C21H21N3O3S2/c25-19(22-16-8-9-23(13-16)12-15-5-2-1-3-6-15)14-24-20(26)18(29-21(24)27)11-17-7-4-10-28-17/h1-7,10-11,16H,8-9,12-14H2,(H,22,25)/b18-11-. The largest absolute Gasteiger partial charge is 0.350 e. The molecule has 2 aromatic rings. The van der Waals surface area contributed by atoms with Crippen molar-refractivity contribution >= 4 is 46.2 Å². The number of hydrogen-bond acceptors (Lipinski definition) is 6. The Morgan fingerprint density at radius 3 is 2.76 bits per heavy atom. The molecule has 0 saturated carbocycles. The highest BCUT2D eigenvalue weighted by molar-refractivity contribution is 8.18. The van der Waals surface area contributed by atoms with Crippen LogP contribution in [0.1, 0.15) is 16.9 Å². The highest BCUT2D eigenvalue weighted by Gasteiger charge is 2.37. The Bertz CT molecular complexity index is 928. The summed E-state index contributed by atoms with van der Waals surface area (Å²) in [5.74, 6) is -0.697. The van der Waals surface area contributed by atoms with Crippen LogP contribution < -0.4 is 5.32 Å². The Morgan fingerprint density at radius 2 is 2.00 bits per heavy atom. The number of thiophene rings is 1. The van der Waals surface area contributed by atoms with Gasteiger partial charge in [0.1, 0.15) is 6.54 Å². The van der Waals surface area contributed by atoms with E-state index >= 15 is 0 Å². The molecule has 0 radical (unpaired) electrons. The van der Waals surface area contributed by atoms with E-state index in [1.54, 1.807) is 6.08 Å². The summed E-state index contributed by atoms with van der Waals surface area (Å²) in [4.78, 5) is 41.7. The summed E-state index contributed by atoms with van der Waals surface area (Å²) < 4.78 is 0. The summed E-state index contributed by atoms with van der Waals surface area (Å²) in [5.41, 5.74) is 1.25. The van der Waals surface area contributed by atoms with Gasteiger partial charge in [0.25, 0.3) is 11.1 Å². The quantitative estimate of drug-likeness (QED) is 0.717. The van der Waals surface area contributed by atoms with Gasteiger partial charge in [-0.3, -0.25) is 24.2 Å². The number of nitrogens with zero attached hydrogens (tertiary/aromatic N) is 2. The van der Waals surface area contributed by atoms with Crippen molar-refractivity contribution in [1.29, 1.82) is 0 Å². The minimum absolute atomic E-state index is 0.0350. The molecule has 2 aliphatic heterocycles. The zero-order chi connectivity index (χ0) is 20.2. The van der Waals surface area contributed by atoms with Crippen molar-refractivity contribution < 1.29 is 14.4 Å². The molecule has 150 valence electrons. The fraction of sp³-hybridized carbons (Fsp3) is 0.286. The molecule has 1 atom stereocenters. The van der Waals surface area contributed by atoms with E-state index in [0.29, 0.717) is 4.91 Å². The molecule has 2 saturated heterocycles. The summed E-state index contributed by atoms with van der Waals surface area (Å²) in [6, 6.07) is 14.0. The highest BCUT2D eigenvalue weighted by Crippen LogP contribution is 2.32. The molecule has 3 heterocycles. The van der Waals surface area contributed by atoms with Gasteiger partial charge < -0.3 is 5.32 Å². The number of carbonyl (C=O) groups excluding carboxylic acids is 3. The van der Waals surface area contributed by atoms with Gasteiger partial charge in [0, 0.05) is 30.6 Å². The Balaban J connectivity index is 1.28. The van der Waals surface area contributed by atoms with Crippen molar-refractivity contribution in [2.24, 2.45) is 0 Å². The van der Waals surface area contributed by atoms with E-state index < -0.39 is 11.1 Å². The van der Waals surface area contributed by atoms with Crippen LogP contribution in [0.15, 0.2) is 52.7 Å². The van der Waals surface area contributed by atoms with Gasteiger partial charge in [0.2, 0.25) is 5.91 Å². The normalized spacial score (nSPS) is 21.3. The molecule has 1 aromatic carbocycles. The summed E-state index contributed by atoms with van der Waals surface area (Å²) in [5, 5.41) is 4.48. The minimum Gasteiger partial charge on any atom is -0.350 e. The van der Waals surface area contributed by atoms with Gasteiger partial charge in [-0.2, -0.15) is 0 Å². The van der Waals surface area contributed by atoms with Crippen LogP contribution in [0.3, 0.4) is 0 Å². The van der Waals surface area contributed by atoms with Crippen molar-refractivity contribution in [3.05, 3.63) is 63.2 Å². The summed E-state index contributed by atoms with van der Waals surface area (Å²) in [6.45, 7) is 2.29. The van der Waals surface area contributed by atoms with E-state index in [1.807, 2.05) is 35.7 Å². The lowest BCUT2D eigenvalue weighted by atomic mass is 10.2. The summed E-state index contributed by atoms with van der Waals surface area (Å²) in [7, 11) is 0. The number of nitrogens with one attached hydrogen (secondary N) is 1. The lowest BCUT2D eigenvalue weighted by Gasteiger charge is -2.18. The topological polar surface area (TPSA) is 69.7 Å². The molecule has 1 aromatic heterocycles. The predicted molar refractivity (Wildman–Crippen MR) is 115 cm³/mol. The zero-order valence-corrected chi connectivity index (χ0v) is 17.4. The minimum atomic E-state index is -0.402. The first-order chi connectivity index (χ1) is 14.1. The molecule has 2 aliphatic rings. The predicted octanol–water partition coefficient (Wildman–Crippen LogP) is 3.18. The number of likely N-dealkylation sites (tertiary alicyclic amines) is 1. The fourth-order valence-corrected chi connectivity index (χ4v) is 5.05. The van der Waals surface area contributed by atoms with Gasteiger partial charge >= 0.3 is 0 Å². The number of imide groups is 1. The molecule has 1 unspecified atom stereocenters. The van der Waals surface area contributed by atoms with E-state index in [2.05, 4.69) is 22.3 Å². The third kappa shape index (κ3) is 4.95. The van der Waals surface area contributed by atoms with Gasteiger partial charge in [0.05, 0.1) is 4.91 Å². The fourth-order valence-electron chi connectivity index (χ4n) is 3.49. The van der Waals surface area contributed by atoms with Crippen molar-refractivity contribution in [1.82, 2.24) is 15.1 Å². The SMILES string of the molecule is O=C(CN1C(=O)S/C(=C\c2cccs2)C1=O)NC1CCN(Cc2ccccc2)C1. The molecular weight excluding hydrogens is 406 g/mol. The zero-order valence-electron chi connectivity index (χ0n) is 15.7. The van der Waals surface area contributed by atoms with Gasteiger partial charge in [-0.05, 0) is 41.3 Å². The van der Waals surface area contributed by atoms with Crippen LogP contribution in [-0.2, 0) is 16.1 Å². The number of hydrogen-bond donors (Lipinski definition) is 1. The van der Waals surface area contributed by atoms with Gasteiger partial charge in [-0.25, -0.2) is 0 Å². The average Bonchev–Trinajstić information content (AvgIpc) is 3.42. The van der Waals surface area contributed by atoms with E-state index in [-0.39, 0.29) is 18.5 Å². The number of carbonyl (C=O) groups is 3. The maximum absolute atomic E-state index is 12.5. The van der Waals surface area contributed by atoms with Crippen molar-refractivity contribution in [3.63, 3.8) is 0 Å². The average molecular weight is 428 g/mol. The lowest BCUT2D eigenvalue weighted by molar-refractivity contribution is -0.129. The van der Waals surface area contributed by atoms with Gasteiger partial charge in [0.15, 0.2) is 0 Å². The summed E-state index contributed by atoms with van der Waals surface area (Å²) in [6.07, 6.45) is 2.56. The molecular formula is C21H21N3O3S2. The number of amides is 3. The molecule has 3 amide bonds. The number of benzene rings is 1. The summed E-state index contributed by atoms with van der Waals surface area (Å²) >= 11 is 2.38. The highest BCUT2D eigenvalue weighted by atomic mass is 32.2. The Morgan fingerprint density at radius 1 is 1.17 bits per heavy atom. The van der Waals surface area contributed by atoms with Crippen LogP contribution in [0.5, 0.6) is 0 Å². The second-order valence-electron chi connectivity index (χ2n) is 7.06. The smallest absolute Gasteiger partial charge is 0.294 e. The molecule has 4 rings (SSSR count). The Hall–Kier alpha value is -2.42. The van der Waals surface area contributed by atoms with Gasteiger partial charge in [-0.1, -0.05) is 36.4 Å². The number of thioether (sulfide) groups is 1. The van der Waals surface area contributed by atoms with Crippen LogP contribution in [-0.4, -0.2) is 52.5 Å². The van der Waals surface area contributed by atoms with Crippen molar-refractivity contribution in [2.45, 2.75) is 19.0 Å². The first kappa shape index (κ1) is 19.9. The van der Waals surface area contributed by atoms with Gasteiger partial charge in [-0.15, -0.1) is 11.3 Å². The van der Waals surface area contributed by atoms with E-state index in [0.717, 1.165) is 47.6 Å². The lowest BCUT2D eigenvalue weighted by Crippen LogP contribution is -2.44. The molecule has 0 spiro atoms. The third-order valence-electron chi connectivity index (χ3n) is 4.88. The van der Waals surface area contributed by atoms with Crippen molar-refractivity contribution in [3.8, 4) is 0 Å². The second kappa shape index (κ2) is 8.94. The third-order valence-corrected chi connectivity index (χ3v) is 6.61. The number of rotatable bonds is 6. The molecule has 29 heavy (non-hydrogen) atoms.